The number of hydrogen-bond acceptors (Lipinski definition) is 9. The van der Waals surface area contributed by atoms with E-state index in [0.29, 0.717) is 23.1 Å². The number of nitrogens with two attached hydrogens (primary N) is 1. The first-order valence-electron chi connectivity index (χ1n) is 14.3. The van der Waals surface area contributed by atoms with Crippen LogP contribution in [0.3, 0.4) is 0 Å². The lowest BCUT2D eigenvalue weighted by atomic mass is 10.0. The van der Waals surface area contributed by atoms with Crippen LogP contribution in [0.5, 0.6) is 0 Å². The zero-order valence-electron chi connectivity index (χ0n) is 23.8. The molecule has 1 amide bonds. The third kappa shape index (κ3) is 6.80. The number of furan rings is 1. The van der Waals surface area contributed by atoms with Crippen molar-refractivity contribution in [3.8, 4) is 0 Å². The Morgan fingerprint density at radius 3 is 2.69 bits per heavy atom. The molecule has 4 N–H and O–H groups in total. The molecule has 1 aromatic heterocycles. The van der Waals surface area contributed by atoms with E-state index in [-0.39, 0.29) is 55.7 Å². The van der Waals surface area contributed by atoms with Crippen LogP contribution >= 0.6 is 0 Å². The van der Waals surface area contributed by atoms with Gasteiger partial charge in [-0.25, -0.2) is 13.2 Å². The Labute approximate surface area is 245 Å². The molecule has 11 nitrogen and oxygen atoms in total. The van der Waals surface area contributed by atoms with Gasteiger partial charge < -0.3 is 34.8 Å². The van der Waals surface area contributed by atoms with Gasteiger partial charge >= 0.3 is 6.09 Å². The van der Waals surface area contributed by atoms with Crippen LogP contribution in [0.4, 0.5) is 4.79 Å². The fourth-order valence-electron chi connectivity index (χ4n) is 5.56. The van der Waals surface area contributed by atoms with Crippen molar-refractivity contribution in [2.75, 3.05) is 26.3 Å². The van der Waals surface area contributed by atoms with Crippen LogP contribution in [0.25, 0.3) is 11.0 Å². The van der Waals surface area contributed by atoms with Crippen LogP contribution in [0, 0.1) is 11.8 Å². The van der Waals surface area contributed by atoms with Gasteiger partial charge in [0.1, 0.15) is 11.7 Å². The number of aliphatic hydroxyl groups excluding tert-OH is 1. The van der Waals surface area contributed by atoms with Crippen molar-refractivity contribution >= 4 is 27.1 Å². The van der Waals surface area contributed by atoms with E-state index in [1.807, 2.05) is 44.2 Å². The number of amides is 1. The highest BCUT2D eigenvalue weighted by molar-refractivity contribution is 7.89. The molecule has 2 saturated heterocycles. The van der Waals surface area contributed by atoms with Crippen LogP contribution in [-0.2, 0) is 37.2 Å². The average molecular weight is 602 g/mol. The topological polar surface area (TPSA) is 154 Å². The molecule has 5 atom stereocenters. The SMILES string of the molecule is CC(C)CN(C[C@@H](O)[C@H](Cc1ccccc1)NC(=O)O[C@H]1CO[C@H]2OCCC21)S(=O)(=O)c1ccc2occ(CN)c2c1. The number of carbonyl (C=O) groups excluding carboxylic acids is 1. The molecular weight excluding hydrogens is 562 g/mol. The minimum atomic E-state index is -4.03. The van der Waals surface area contributed by atoms with Crippen molar-refractivity contribution in [3.63, 3.8) is 0 Å². The van der Waals surface area contributed by atoms with Crippen LogP contribution in [0.1, 0.15) is 31.4 Å². The second-order valence-corrected chi connectivity index (χ2v) is 13.3. The molecule has 0 bridgehead atoms. The van der Waals surface area contributed by atoms with Crippen molar-refractivity contribution in [1.29, 1.82) is 0 Å². The Bertz CT molecular complexity index is 1460. The Balaban J connectivity index is 1.36. The molecule has 5 rings (SSSR count). The summed E-state index contributed by atoms with van der Waals surface area (Å²) in [5, 5.41) is 14.9. The first-order chi connectivity index (χ1) is 20.2. The first kappa shape index (κ1) is 30.5. The van der Waals surface area contributed by atoms with Crippen LogP contribution < -0.4 is 11.1 Å². The maximum Gasteiger partial charge on any atom is 0.407 e. The minimum absolute atomic E-state index is 0.0290. The molecule has 2 fully saturated rings. The van der Waals surface area contributed by atoms with Gasteiger partial charge in [-0.05, 0) is 42.5 Å². The van der Waals surface area contributed by atoms with Gasteiger partial charge in [0, 0.05) is 30.6 Å². The summed E-state index contributed by atoms with van der Waals surface area (Å²) in [5.41, 5.74) is 7.92. The number of nitrogens with one attached hydrogen (secondary N) is 1. The molecule has 2 aliphatic rings. The third-order valence-corrected chi connectivity index (χ3v) is 9.58. The van der Waals surface area contributed by atoms with Gasteiger partial charge in [0.15, 0.2) is 6.29 Å². The lowest BCUT2D eigenvalue weighted by Crippen LogP contribution is -2.51. The zero-order chi connectivity index (χ0) is 29.9. The molecule has 3 heterocycles. The van der Waals surface area contributed by atoms with Crippen molar-refractivity contribution in [2.45, 2.75) is 62.7 Å². The molecule has 2 aromatic carbocycles. The van der Waals surface area contributed by atoms with Gasteiger partial charge in [0.2, 0.25) is 10.0 Å². The lowest BCUT2D eigenvalue weighted by Gasteiger charge is -2.31. The Kier molecular flexibility index (Phi) is 9.50. The molecule has 42 heavy (non-hydrogen) atoms. The fraction of sp³-hybridized carbons (Fsp3) is 0.500. The lowest BCUT2D eigenvalue weighted by molar-refractivity contribution is -0.0907. The molecule has 2 aliphatic heterocycles. The average Bonchev–Trinajstić information content (AvgIpc) is 3.69. The van der Waals surface area contributed by atoms with E-state index in [2.05, 4.69) is 5.32 Å². The molecule has 1 unspecified atom stereocenters. The van der Waals surface area contributed by atoms with Crippen LogP contribution in [0.2, 0.25) is 0 Å². The monoisotopic (exact) mass is 601 g/mol. The van der Waals surface area contributed by atoms with E-state index in [1.165, 1.54) is 16.6 Å². The predicted octanol–water partition coefficient (Wildman–Crippen LogP) is 3.00. The summed E-state index contributed by atoms with van der Waals surface area (Å²) in [7, 11) is -4.03. The van der Waals surface area contributed by atoms with Gasteiger partial charge in [-0.15, -0.1) is 0 Å². The summed E-state index contributed by atoms with van der Waals surface area (Å²) in [6.45, 7) is 4.72. The summed E-state index contributed by atoms with van der Waals surface area (Å²) in [5.74, 6) is -0.0639. The summed E-state index contributed by atoms with van der Waals surface area (Å²) < 4.78 is 51.4. The number of alkyl carbamates (subject to hydrolysis) is 1. The van der Waals surface area contributed by atoms with Crippen molar-refractivity contribution < 1.29 is 36.9 Å². The highest BCUT2D eigenvalue weighted by Crippen LogP contribution is 2.33. The minimum Gasteiger partial charge on any atom is -0.464 e. The standard InChI is InChI=1S/C30H39N3O8S/c1-19(2)15-33(42(36,37)22-8-9-27-24(13-22)21(14-31)17-39-27)16-26(34)25(12-20-6-4-3-5-7-20)32-30(35)41-28-18-40-29-23(28)10-11-38-29/h3-9,13,17,19,23,25-26,28-29,34H,10-12,14-16,18,31H2,1-2H3,(H,32,35)/t23?,25-,26+,28-,29+/m0/s1. The molecule has 3 aromatic rings. The molecule has 0 saturated carbocycles. The number of fused-ring (bicyclic) bond motifs is 2. The van der Waals surface area contributed by atoms with E-state index in [9.17, 15) is 18.3 Å². The highest BCUT2D eigenvalue weighted by atomic mass is 32.2. The fourth-order valence-corrected chi connectivity index (χ4v) is 7.21. The van der Waals surface area contributed by atoms with Gasteiger partial charge in [0.05, 0.1) is 42.4 Å². The molecule has 0 spiro atoms. The summed E-state index contributed by atoms with van der Waals surface area (Å²) in [6, 6.07) is 13.2. The number of hydrogen-bond donors (Lipinski definition) is 3. The van der Waals surface area contributed by atoms with E-state index in [0.717, 1.165) is 12.0 Å². The number of nitrogens with zero attached hydrogens (tertiary/aromatic N) is 1. The van der Waals surface area contributed by atoms with Crippen LogP contribution in [0.15, 0.2) is 64.1 Å². The number of aliphatic hydroxyl groups is 1. The highest BCUT2D eigenvalue weighted by Gasteiger charge is 2.44. The van der Waals surface area contributed by atoms with E-state index in [1.54, 1.807) is 12.1 Å². The van der Waals surface area contributed by atoms with E-state index >= 15 is 0 Å². The molecule has 0 aliphatic carbocycles. The van der Waals surface area contributed by atoms with E-state index in [4.69, 9.17) is 24.4 Å². The molecular formula is C30H39N3O8S. The summed E-state index contributed by atoms with van der Waals surface area (Å²) in [4.78, 5) is 13.1. The smallest absolute Gasteiger partial charge is 0.407 e. The predicted molar refractivity (Wildman–Crippen MR) is 155 cm³/mol. The largest absolute Gasteiger partial charge is 0.464 e. The summed E-state index contributed by atoms with van der Waals surface area (Å²) >= 11 is 0. The maximum absolute atomic E-state index is 13.9. The Morgan fingerprint density at radius 2 is 1.95 bits per heavy atom. The van der Waals surface area contributed by atoms with Gasteiger partial charge in [-0.2, -0.15) is 4.31 Å². The second kappa shape index (κ2) is 13.1. The number of ether oxygens (including phenoxy) is 3. The second-order valence-electron chi connectivity index (χ2n) is 11.3. The summed E-state index contributed by atoms with van der Waals surface area (Å²) in [6.07, 6.45) is -0.249. The van der Waals surface area contributed by atoms with E-state index < -0.39 is 34.4 Å². The molecule has 228 valence electrons. The van der Waals surface area contributed by atoms with Gasteiger partial charge in [-0.3, -0.25) is 0 Å². The van der Waals surface area contributed by atoms with Crippen molar-refractivity contribution in [1.82, 2.24) is 9.62 Å². The van der Waals surface area contributed by atoms with Crippen molar-refractivity contribution in [3.05, 3.63) is 65.9 Å². The Morgan fingerprint density at radius 1 is 1.17 bits per heavy atom. The quantitative estimate of drug-likeness (QED) is 0.284. The zero-order valence-corrected chi connectivity index (χ0v) is 24.7. The number of rotatable bonds is 12. The van der Waals surface area contributed by atoms with Gasteiger partial charge in [-0.1, -0.05) is 44.2 Å². The number of carbonyl (C=O) groups is 1. The normalized spacial score (nSPS) is 22.0. The molecule has 0 radical (unpaired) electrons. The number of benzene rings is 2. The molecule has 12 heteroatoms. The van der Waals surface area contributed by atoms with Gasteiger partial charge in [0.25, 0.3) is 0 Å². The maximum atomic E-state index is 13.9. The van der Waals surface area contributed by atoms with Crippen LogP contribution in [-0.4, -0.2) is 74.8 Å². The first-order valence-corrected chi connectivity index (χ1v) is 15.7. The number of sulfonamides is 1. The Hall–Kier alpha value is -3.00. The third-order valence-electron chi connectivity index (χ3n) is 7.75. The van der Waals surface area contributed by atoms with Crippen molar-refractivity contribution in [2.24, 2.45) is 17.6 Å².